The SMILES string of the molecule is O=C1/C(=C/c2ccc3cccc(Cl)c3n2)SC(=S)N1Cc1ccco1. The van der Waals surface area contributed by atoms with E-state index in [4.69, 9.17) is 28.2 Å². The van der Waals surface area contributed by atoms with Gasteiger partial charge in [0.15, 0.2) is 0 Å². The monoisotopic (exact) mass is 386 g/mol. The number of hydrogen-bond donors (Lipinski definition) is 0. The lowest BCUT2D eigenvalue weighted by Crippen LogP contribution is -2.27. The molecule has 1 fully saturated rings. The van der Waals surface area contributed by atoms with Gasteiger partial charge in [-0.05, 0) is 30.3 Å². The number of fused-ring (bicyclic) bond motifs is 1. The first-order valence-corrected chi connectivity index (χ1v) is 9.05. The Morgan fingerprint density at radius 3 is 2.92 bits per heavy atom. The summed E-state index contributed by atoms with van der Waals surface area (Å²) in [6.45, 7) is 0.325. The normalized spacial score (nSPS) is 16.4. The molecule has 25 heavy (non-hydrogen) atoms. The van der Waals surface area contributed by atoms with Crippen LogP contribution in [0.5, 0.6) is 0 Å². The van der Waals surface area contributed by atoms with Gasteiger partial charge < -0.3 is 4.42 Å². The first kappa shape index (κ1) is 16.3. The van der Waals surface area contributed by atoms with Gasteiger partial charge in [0.2, 0.25) is 0 Å². The molecule has 7 heteroatoms. The fourth-order valence-corrected chi connectivity index (χ4v) is 4.00. The standard InChI is InChI=1S/C18H11ClN2O2S2/c19-14-5-1-3-11-6-7-12(20-16(11)14)9-15-17(22)21(18(24)25-15)10-13-4-2-8-23-13/h1-9H,10H2/b15-9-. The third-order valence-corrected chi connectivity index (χ3v) is 5.42. The van der Waals surface area contributed by atoms with E-state index in [1.54, 1.807) is 24.5 Å². The minimum atomic E-state index is -0.146. The number of pyridine rings is 1. The summed E-state index contributed by atoms with van der Waals surface area (Å²) in [5.74, 6) is 0.542. The first-order chi connectivity index (χ1) is 12.1. The Hall–Kier alpha value is -2.15. The molecule has 0 unspecified atom stereocenters. The Balaban J connectivity index is 1.64. The van der Waals surface area contributed by atoms with Crippen LogP contribution in [0.15, 0.2) is 58.1 Å². The van der Waals surface area contributed by atoms with Crippen molar-refractivity contribution in [3.63, 3.8) is 0 Å². The molecule has 0 radical (unpaired) electrons. The number of furan rings is 1. The van der Waals surface area contributed by atoms with E-state index in [0.29, 0.717) is 37.8 Å². The second-order valence-electron chi connectivity index (χ2n) is 5.39. The molecule has 4 rings (SSSR count). The average Bonchev–Trinajstić information content (AvgIpc) is 3.20. The van der Waals surface area contributed by atoms with Gasteiger partial charge in [-0.2, -0.15) is 0 Å². The van der Waals surface area contributed by atoms with Crippen LogP contribution in [0.2, 0.25) is 5.02 Å². The van der Waals surface area contributed by atoms with E-state index in [9.17, 15) is 4.79 Å². The van der Waals surface area contributed by atoms with Crippen molar-refractivity contribution in [2.75, 3.05) is 0 Å². The van der Waals surface area contributed by atoms with Gasteiger partial charge in [0.25, 0.3) is 5.91 Å². The minimum absolute atomic E-state index is 0.146. The van der Waals surface area contributed by atoms with Crippen molar-refractivity contribution in [3.05, 3.63) is 70.1 Å². The van der Waals surface area contributed by atoms with Crippen LogP contribution >= 0.6 is 35.6 Å². The molecule has 0 saturated carbocycles. The molecule has 3 heterocycles. The topological polar surface area (TPSA) is 46.3 Å². The van der Waals surface area contributed by atoms with Crippen molar-refractivity contribution >= 4 is 62.8 Å². The number of amides is 1. The van der Waals surface area contributed by atoms with Gasteiger partial charge in [-0.3, -0.25) is 9.69 Å². The maximum atomic E-state index is 12.6. The number of thioether (sulfide) groups is 1. The van der Waals surface area contributed by atoms with E-state index in [0.717, 1.165) is 5.39 Å². The fraction of sp³-hybridized carbons (Fsp3) is 0.0556. The van der Waals surface area contributed by atoms with E-state index < -0.39 is 0 Å². The molecule has 2 aromatic heterocycles. The van der Waals surface area contributed by atoms with Gasteiger partial charge in [0.05, 0.1) is 33.9 Å². The Morgan fingerprint density at radius 2 is 2.12 bits per heavy atom. The molecule has 1 aliphatic rings. The number of nitrogens with zero attached hydrogens (tertiary/aromatic N) is 2. The summed E-state index contributed by atoms with van der Waals surface area (Å²) >= 11 is 12.8. The van der Waals surface area contributed by atoms with E-state index in [-0.39, 0.29) is 5.91 Å². The molecule has 0 atom stereocenters. The maximum absolute atomic E-state index is 12.6. The summed E-state index contributed by atoms with van der Waals surface area (Å²) in [6.07, 6.45) is 3.32. The van der Waals surface area contributed by atoms with Crippen LogP contribution in [-0.2, 0) is 11.3 Å². The van der Waals surface area contributed by atoms with Gasteiger partial charge in [0.1, 0.15) is 10.1 Å². The highest BCUT2D eigenvalue weighted by Crippen LogP contribution is 2.33. The van der Waals surface area contributed by atoms with E-state index >= 15 is 0 Å². The van der Waals surface area contributed by atoms with Crippen LogP contribution in [-0.4, -0.2) is 20.1 Å². The third kappa shape index (κ3) is 3.20. The molecule has 0 spiro atoms. The van der Waals surface area contributed by atoms with Crippen LogP contribution in [0.1, 0.15) is 11.5 Å². The first-order valence-electron chi connectivity index (χ1n) is 7.45. The van der Waals surface area contributed by atoms with Crippen LogP contribution in [0, 0.1) is 0 Å². The van der Waals surface area contributed by atoms with Crippen molar-refractivity contribution in [2.24, 2.45) is 0 Å². The van der Waals surface area contributed by atoms with Crippen molar-refractivity contribution in [3.8, 4) is 0 Å². The molecule has 4 nitrogen and oxygen atoms in total. The van der Waals surface area contributed by atoms with E-state index in [1.807, 2.05) is 30.3 Å². The average molecular weight is 387 g/mol. The Bertz CT molecular complexity index is 1020. The summed E-state index contributed by atoms with van der Waals surface area (Å²) in [6, 6.07) is 13.0. The number of thiocarbonyl (C=S) groups is 1. The van der Waals surface area contributed by atoms with Gasteiger partial charge in [-0.15, -0.1) is 0 Å². The largest absolute Gasteiger partial charge is 0.467 e. The van der Waals surface area contributed by atoms with E-state index in [1.165, 1.54) is 16.7 Å². The Morgan fingerprint density at radius 1 is 1.24 bits per heavy atom. The molecule has 0 N–H and O–H groups in total. The lowest BCUT2D eigenvalue weighted by molar-refractivity contribution is -0.122. The second-order valence-corrected chi connectivity index (χ2v) is 7.48. The molecule has 124 valence electrons. The summed E-state index contributed by atoms with van der Waals surface area (Å²) in [5, 5.41) is 1.54. The van der Waals surface area contributed by atoms with Gasteiger partial charge >= 0.3 is 0 Å². The molecule has 0 aliphatic carbocycles. The smallest absolute Gasteiger partial charge is 0.266 e. The lowest BCUT2D eigenvalue weighted by atomic mass is 10.2. The fourth-order valence-electron chi connectivity index (χ4n) is 2.54. The quantitative estimate of drug-likeness (QED) is 0.474. The molecular formula is C18H11ClN2O2S2. The van der Waals surface area contributed by atoms with Gasteiger partial charge in [-0.25, -0.2) is 4.98 Å². The van der Waals surface area contributed by atoms with Crippen molar-refractivity contribution in [1.29, 1.82) is 0 Å². The van der Waals surface area contributed by atoms with Crippen LogP contribution < -0.4 is 0 Å². The Labute approximate surface area is 158 Å². The number of carbonyl (C=O) groups excluding carboxylic acids is 1. The highest BCUT2D eigenvalue weighted by molar-refractivity contribution is 8.26. The van der Waals surface area contributed by atoms with Crippen molar-refractivity contribution in [2.45, 2.75) is 6.54 Å². The predicted octanol–water partition coefficient (Wildman–Crippen LogP) is 4.88. The number of para-hydroxylation sites is 1. The summed E-state index contributed by atoms with van der Waals surface area (Å²) in [5.41, 5.74) is 1.38. The maximum Gasteiger partial charge on any atom is 0.266 e. The molecule has 1 amide bonds. The van der Waals surface area contributed by atoms with Crippen LogP contribution in [0.3, 0.4) is 0 Å². The molecule has 1 aliphatic heterocycles. The number of hydrogen-bond acceptors (Lipinski definition) is 5. The molecular weight excluding hydrogens is 376 g/mol. The van der Waals surface area contributed by atoms with Gasteiger partial charge in [-0.1, -0.05) is 53.8 Å². The van der Waals surface area contributed by atoms with Crippen molar-refractivity contribution < 1.29 is 9.21 Å². The molecule has 3 aromatic rings. The molecule has 1 saturated heterocycles. The Kier molecular flexibility index (Phi) is 4.33. The lowest BCUT2D eigenvalue weighted by Gasteiger charge is -2.11. The van der Waals surface area contributed by atoms with Crippen LogP contribution in [0.4, 0.5) is 0 Å². The number of benzene rings is 1. The summed E-state index contributed by atoms with van der Waals surface area (Å²) in [4.78, 5) is 19.2. The summed E-state index contributed by atoms with van der Waals surface area (Å²) < 4.78 is 5.80. The number of carbonyl (C=O) groups is 1. The zero-order valence-electron chi connectivity index (χ0n) is 12.8. The number of halogens is 1. The number of aromatic nitrogens is 1. The minimum Gasteiger partial charge on any atom is -0.467 e. The zero-order chi connectivity index (χ0) is 17.4. The zero-order valence-corrected chi connectivity index (χ0v) is 15.2. The van der Waals surface area contributed by atoms with Gasteiger partial charge in [0, 0.05) is 5.39 Å². The third-order valence-electron chi connectivity index (χ3n) is 3.74. The number of rotatable bonds is 3. The molecule has 0 bridgehead atoms. The van der Waals surface area contributed by atoms with Crippen LogP contribution in [0.25, 0.3) is 17.0 Å². The van der Waals surface area contributed by atoms with Crippen molar-refractivity contribution in [1.82, 2.24) is 9.88 Å². The predicted molar refractivity (Wildman–Crippen MR) is 104 cm³/mol. The second kappa shape index (κ2) is 6.63. The van der Waals surface area contributed by atoms with E-state index in [2.05, 4.69) is 4.98 Å². The summed E-state index contributed by atoms with van der Waals surface area (Å²) in [7, 11) is 0. The molecule has 1 aromatic carbocycles. The highest BCUT2D eigenvalue weighted by atomic mass is 35.5. The highest BCUT2D eigenvalue weighted by Gasteiger charge is 2.32.